The largest absolute Gasteiger partial charge is 0.493 e. The van der Waals surface area contributed by atoms with Gasteiger partial charge in [0.25, 0.3) is 0 Å². The van der Waals surface area contributed by atoms with Crippen LogP contribution in [0, 0.1) is 0 Å². The maximum atomic E-state index is 11.2. The van der Waals surface area contributed by atoms with Gasteiger partial charge in [0, 0.05) is 12.5 Å². The Hall–Kier alpha value is -2.70. The molecule has 0 N–H and O–H groups in total. The summed E-state index contributed by atoms with van der Waals surface area (Å²) < 4.78 is 25.7. The van der Waals surface area contributed by atoms with Crippen molar-refractivity contribution in [3.8, 4) is 17.2 Å². The highest BCUT2D eigenvalue weighted by Gasteiger charge is 2.13. The van der Waals surface area contributed by atoms with Crippen LogP contribution in [0.4, 0.5) is 0 Å². The number of hydrogen-bond donors (Lipinski definition) is 0. The first kappa shape index (κ1) is 21.3. The molecule has 0 bridgehead atoms. The molecule has 0 saturated heterocycles. The molecule has 7 nitrogen and oxygen atoms in total. The van der Waals surface area contributed by atoms with Crippen LogP contribution in [0.15, 0.2) is 18.2 Å². The van der Waals surface area contributed by atoms with Crippen LogP contribution < -0.4 is 14.2 Å². The molecule has 0 fully saturated rings. The molecule has 0 heterocycles. The minimum atomic E-state index is -0.449. The second kappa shape index (κ2) is 11.8. The van der Waals surface area contributed by atoms with Crippen molar-refractivity contribution in [1.29, 1.82) is 0 Å². The van der Waals surface area contributed by atoms with Crippen molar-refractivity contribution in [3.63, 3.8) is 0 Å². The summed E-state index contributed by atoms with van der Waals surface area (Å²) in [6, 6.07) is 3.49. The van der Waals surface area contributed by atoms with E-state index >= 15 is 0 Å². The lowest BCUT2D eigenvalue weighted by atomic mass is 10.1. The number of unbranched alkanes of at least 4 members (excludes halogenated alkanes) is 2. The van der Waals surface area contributed by atoms with Crippen molar-refractivity contribution in [3.05, 3.63) is 23.8 Å². The minimum Gasteiger partial charge on any atom is -0.493 e. The molecule has 0 spiro atoms. The first-order valence-electron chi connectivity index (χ1n) is 8.27. The predicted molar refractivity (Wildman–Crippen MR) is 96.6 cm³/mol. The van der Waals surface area contributed by atoms with Crippen LogP contribution in [0.2, 0.25) is 0 Å². The van der Waals surface area contributed by atoms with Crippen molar-refractivity contribution < 1.29 is 33.3 Å². The van der Waals surface area contributed by atoms with Crippen LogP contribution in [0.3, 0.4) is 0 Å². The molecular formula is C19H26O7. The number of methoxy groups -OCH3 is 4. The summed E-state index contributed by atoms with van der Waals surface area (Å²) in [6.45, 7) is 0.464. The van der Waals surface area contributed by atoms with Crippen molar-refractivity contribution in [1.82, 2.24) is 0 Å². The molecule has 0 radical (unpaired) electrons. The summed E-state index contributed by atoms with van der Waals surface area (Å²) in [5.74, 6) is 0.852. The fraction of sp³-hybridized carbons (Fsp3) is 0.474. The molecule has 1 rings (SSSR count). The normalized spacial score (nSPS) is 10.5. The molecule has 0 aromatic heterocycles. The standard InChI is InChI=1S/C19H26O7/c1-22-15-12-14(9-10-18(21)25-4)13-16(23-2)19(15)26-11-7-5-6-8-17(20)24-3/h9-10,12-13H,5-8,11H2,1-4H3/b10-9+. The van der Waals surface area contributed by atoms with E-state index in [1.165, 1.54) is 34.5 Å². The third-order valence-corrected chi connectivity index (χ3v) is 3.60. The van der Waals surface area contributed by atoms with Gasteiger partial charge in [-0.1, -0.05) is 0 Å². The van der Waals surface area contributed by atoms with Crippen molar-refractivity contribution in [2.24, 2.45) is 0 Å². The average molecular weight is 366 g/mol. The maximum Gasteiger partial charge on any atom is 0.330 e. The van der Waals surface area contributed by atoms with Gasteiger partial charge in [-0.15, -0.1) is 0 Å². The lowest BCUT2D eigenvalue weighted by molar-refractivity contribution is -0.140. The number of carbonyl (C=O) groups excluding carboxylic acids is 2. The van der Waals surface area contributed by atoms with Gasteiger partial charge >= 0.3 is 11.9 Å². The topological polar surface area (TPSA) is 80.3 Å². The van der Waals surface area contributed by atoms with Crippen molar-refractivity contribution >= 4 is 18.0 Å². The summed E-state index contributed by atoms with van der Waals surface area (Å²) in [5, 5.41) is 0. The number of esters is 2. The fourth-order valence-corrected chi connectivity index (χ4v) is 2.20. The van der Waals surface area contributed by atoms with Crippen LogP contribution in [0.5, 0.6) is 17.2 Å². The van der Waals surface area contributed by atoms with Crippen molar-refractivity contribution in [2.75, 3.05) is 35.0 Å². The number of benzene rings is 1. The average Bonchev–Trinajstić information content (AvgIpc) is 2.68. The molecule has 0 saturated carbocycles. The van der Waals surface area contributed by atoms with Gasteiger partial charge in [-0.3, -0.25) is 4.79 Å². The molecule has 0 unspecified atom stereocenters. The lowest BCUT2D eigenvalue weighted by Crippen LogP contribution is -2.03. The van der Waals surface area contributed by atoms with E-state index in [-0.39, 0.29) is 5.97 Å². The molecule has 0 aliphatic heterocycles. The predicted octanol–water partition coefficient (Wildman–Crippen LogP) is 3.00. The summed E-state index contributed by atoms with van der Waals surface area (Å²) in [5.41, 5.74) is 0.717. The first-order chi connectivity index (χ1) is 12.5. The summed E-state index contributed by atoms with van der Waals surface area (Å²) >= 11 is 0. The Morgan fingerprint density at radius 3 is 2.12 bits per heavy atom. The Bertz CT molecular complexity index is 597. The smallest absolute Gasteiger partial charge is 0.330 e. The molecule has 0 aliphatic carbocycles. The van der Waals surface area contributed by atoms with Gasteiger partial charge in [-0.2, -0.15) is 0 Å². The van der Waals surface area contributed by atoms with Crippen LogP contribution >= 0.6 is 0 Å². The van der Waals surface area contributed by atoms with E-state index in [2.05, 4.69) is 9.47 Å². The third-order valence-electron chi connectivity index (χ3n) is 3.60. The van der Waals surface area contributed by atoms with Gasteiger partial charge in [0.2, 0.25) is 5.75 Å². The second-order valence-corrected chi connectivity index (χ2v) is 5.35. The summed E-state index contributed by atoms with van der Waals surface area (Å²) in [4.78, 5) is 22.3. The van der Waals surface area contributed by atoms with Gasteiger partial charge in [0.15, 0.2) is 11.5 Å². The Balaban J connectivity index is 2.70. The molecule has 1 aromatic rings. The summed E-state index contributed by atoms with van der Waals surface area (Å²) in [7, 11) is 5.77. The zero-order chi connectivity index (χ0) is 19.4. The van der Waals surface area contributed by atoms with E-state index in [4.69, 9.17) is 14.2 Å². The Labute approximate surface area is 153 Å². The highest BCUT2D eigenvalue weighted by molar-refractivity contribution is 5.87. The quantitative estimate of drug-likeness (QED) is 0.338. The maximum absolute atomic E-state index is 11.2. The van der Waals surface area contributed by atoms with Gasteiger partial charge in [-0.05, 0) is 43.0 Å². The van der Waals surface area contributed by atoms with Crippen LogP contribution in [-0.2, 0) is 19.1 Å². The van der Waals surface area contributed by atoms with Gasteiger partial charge < -0.3 is 23.7 Å². The minimum absolute atomic E-state index is 0.204. The third kappa shape index (κ3) is 7.04. The van der Waals surface area contributed by atoms with E-state index in [1.807, 2.05) is 0 Å². The van der Waals surface area contributed by atoms with Gasteiger partial charge in [0.1, 0.15) is 0 Å². The lowest BCUT2D eigenvalue weighted by Gasteiger charge is -2.15. The Morgan fingerprint density at radius 2 is 1.58 bits per heavy atom. The second-order valence-electron chi connectivity index (χ2n) is 5.35. The zero-order valence-corrected chi connectivity index (χ0v) is 15.7. The van der Waals surface area contributed by atoms with Crippen LogP contribution in [-0.4, -0.2) is 47.0 Å². The molecule has 1 aromatic carbocycles. The zero-order valence-electron chi connectivity index (χ0n) is 15.7. The van der Waals surface area contributed by atoms with E-state index in [1.54, 1.807) is 18.2 Å². The monoisotopic (exact) mass is 366 g/mol. The Morgan fingerprint density at radius 1 is 0.923 bits per heavy atom. The first-order valence-corrected chi connectivity index (χ1v) is 8.27. The molecular weight excluding hydrogens is 340 g/mol. The van der Waals surface area contributed by atoms with Crippen molar-refractivity contribution in [2.45, 2.75) is 25.7 Å². The van der Waals surface area contributed by atoms with Crippen LogP contribution in [0.25, 0.3) is 6.08 Å². The van der Waals surface area contributed by atoms with E-state index in [0.29, 0.717) is 30.3 Å². The summed E-state index contributed by atoms with van der Waals surface area (Å²) in [6.07, 6.45) is 5.71. The van der Waals surface area contributed by atoms with Gasteiger partial charge in [0.05, 0.1) is 35.0 Å². The number of hydrogen-bond acceptors (Lipinski definition) is 7. The molecule has 144 valence electrons. The van der Waals surface area contributed by atoms with E-state index in [9.17, 15) is 9.59 Å². The highest BCUT2D eigenvalue weighted by atomic mass is 16.5. The van der Waals surface area contributed by atoms with Gasteiger partial charge in [-0.25, -0.2) is 4.79 Å². The SMILES string of the molecule is COC(=O)/C=C/c1cc(OC)c(OCCCCCC(=O)OC)c(OC)c1. The number of carbonyl (C=O) groups is 2. The van der Waals surface area contributed by atoms with E-state index < -0.39 is 5.97 Å². The highest BCUT2D eigenvalue weighted by Crippen LogP contribution is 2.39. The van der Waals surface area contributed by atoms with Crippen LogP contribution in [0.1, 0.15) is 31.2 Å². The Kier molecular flexibility index (Phi) is 9.67. The molecule has 0 aliphatic rings. The van der Waals surface area contributed by atoms with E-state index in [0.717, 1.165) is 24.8 Å². The fourth-order valence-electron chi connectivity index (χ4n) is 2.20. The molecule has 0 amide bonds. The number of ether oxygens (including phenoxy) is 5. The number of rotatable bonds is 11. The molecule has 7 heteroatoms. The molecule has 0 atom stereocenters. The molecule has 26 heavy (non-hydrogen) atoms.